The number of aliphatic hydroxyl groups is 1. The van der Waals surface area contributed by atoms with Crippen molar-refractivity contribution in [2.45, 2.75) is 26.3 Å². The van der Waals surface area contributed by atoms with E-state index in [0.29, 0.717) is 46.1 Å². The number of nitrogens with zero attached hydrogens (tertiary/aromatic N) is 2. The van der Waals surface area contributed by atoms with Crippen LogP contribution in [-0.4, -0.2) is 35.0 Å². The van der Waals surface area contributed by atoms with E-state index < -0.39 is 23.5 Å². The molecule has 1 fully saturated rings. The molecule has 0 saturated carbocycles. The van der Waals surface area contributed by atoms with Crippen molar-refractivity contribution in [3.05, 3.63) is 89.2 Å². The van der Waals surface area contributed by atoms with Gasteiger partial charge in [-0.2, -0.15) is 0 Å². The number of Topliss-reactive ketones (excluding diaryl/α,β-unsaturated/α-hetero) is 1. The van der Waals surface area contributed by atoms with Crippen LogP contribution in [0.25, 0.3) is 16.0 Å². The lowest BCUT2D eigenvalue weighted by Crippen LogP contribution is -2.29. The van der Waals surface area contributed by atoms with E-state index in [9.17, 15) is 19.1 Å². The highest BCUT2D eigenvalue weighted by Crippen LogP contribution is 2.44. The number of thiazole rings is 1. The molecule has 1 aromatic heterocycles. The zero-order chi connectivity index (χ0) is 26.8. The van der Waals surface area contributed by atoms with Crippen LogP contribution in [0.5, 0.6) is 11.5 Å². The molecule has 0 spiro atoms. The number of anilines is 1. The third-order valence-corrected chi connectivity index (χ3v) is 7.09. The van der Waals surface area contributed by atoms with Gasteiger partial charge in [0.05, 0.1) is 35.0 Å². The molecule has 38 heavy (non-hydrogen) atoms. The van der Waals surface area contributed by atoms with Crippen molar-refractivity contribution < 1.29 is 28.6 Å². The number of amides is 1. The minimum atomic E-state index is -0.962. The maximum absolute atomic E-state index is 13.9. The lowest BCUT2D eigenvalue weighted by atomic mass is 9.95. The number of rotatable bonds is 8. The molecule has 7 nitrogen and oxygen atoms in total. The van der Waals surface area contributed by atoms with E-state index in [1.165, 1.54) is 23.1 Å². The van der Waals surface area contributed by atoms with Crippen molar-refractivity contribution in [1.29, 1.82) is 0 Å². The number of benzene rings is 3. The van der Waals surface area contributed by atoms with Crippen molar-refractivity contribution in [2.75, 3.05) is 18.1 Å². The minimum absolute atomic E-state index is 0.0720. The molecule has 194 valence electrons. The smallest absolute Gasteiger partial charge is 0.301 e. The van der Waals surface area contributed by atoms with Gasteiger partial charge in [-0.25, -0.2) is 9.37 Å². The van der Waals surface area contributed by atoms with Crippen LogP contribution in [0.1, 0.15) is 37.4 Å². The molecule has 1 atom stereocenters. The molecule has 1 saturated heterocycles. The Kier molecular flexibility index (Phi) is 7.11. The highest BCUT2D eigenvalue weighted by molar-refractivity contribution is 7.22. The van der Waals surface area contributed by atoms with Gasteiger partial charge in [0, 0.05) is 5.56 Å². The third kappa shape index (κ3) is 4.72. The standard InChI is InChI=1S/C29H25FN2O5S/c1-3-14-37-21-7-5-6-18(15-21)26(33)24-25(17-8-11-20(12-9-17)36-4-2)32(28(35)27(24)34)29-31-22-13-10-19(30)16-23(22)38-29/h5-13,15-16,25,33H,3-4,14H2,1-2H3. The molecule has 4 aromatic rings. The summed E-state index contributed by atoms with van der Waals surface area (Å²) in [6.07, 6.45) is 0.811. The van der Waals surface area contributed by atoms with Crippen molar-refractivity contribution in [3.8, 4) is 11.5 Å². The van der Waals surface area contributed by atoms with E-state index >= 15 is 0 Å². The topological polar surface area (TPSA) is 89.0 Å². The molecule has 5 rings (SSSR count). The van der Waals surface area contributed by atoms with E-state index in [1.54, 1.807) is 48.5 Å². The Labute approximate surface area is 222 Å². The van der Waals surface area contributed by atoms with Crippen molar-refractivity contribution >= 4 is 44.1 Å². The number of ketones is 1. The van der Waals surface area contributed by atoms with Crippen LogP contribution in [0.3, 0.4) is 0 Å². The van der Waals surface area contributed by atoms with E-state index in [4.69, 9.17) is 9.47 Å². The highest BCUT2D eigenvalue weighted by Gasteiger charge is 2.48. The summed E-state index contributed by atoms with van der Waals surface area (Å²) in [6, 6.07) is 16.9. The molecule has 1 unspecified atom stereocenters. The predicted octanol–water partition coefficient (Wildman–Crippen LogP) is 6.25. The average Bonchev–Trinajstić information content (AvgIpc) is 3.45. The summed E-state index contributed by atoms with van der Waals surface area (Å²) in [5, 5.41) is 11.6. The number of fused-ring (bicyclic) bond motifs is 1. The number of aromatic nitrogens is 1. The van der Waals surface area contributed by atoms with E-state index in [1.807, 2.05) is 13.8 Å². The first-order chi connectivity index (χ1) is 18.4. The Morgan fingerprint density at radius 2 is 1.82 bits per heavy atom. The molecule has 3 aromatic carbocycles. The van der Waals surface area contributed by atoms with Crippen LogP contribution >= 0.6 is 11.3 Å². The highest BCUT2D eigenvalue weighted by atomic mass is 32.1. The van der Waals surface area contributed by atoms with Gasteiger partial charge in [-0.05, 0) is 61.4 Å². The van der Waals surface area contributed by atoms with Gasteiger partial charge < -0.3 is 14.6 Å². The third-order valence-electron chi connectivity index (χ3n) is 6.08. The first kappa shape index (κ1) is 25.4. The van der Waals surface area contributed by atoms with Crippen LogP contribution in [0.4, 0.5) is 9.52 Å². The lowest BCUT2D eigenvalue weighted by Gasteiger charge is -2.23. The molecule has 1 aliphatic rings. The molecular weight excluding hydrogens is 507 g/mol. The minimum Gasteiger partial charge on any atom is -0.507 e. The van der Waals surface area contributed by atoms with E-state index in [2.05, 4.69) is 4.98 Å². The van der Waals surface area contributed by atoms with Gasteiger partial charge in [0.1, 0.15) is 23.1 Å². The number of aliphatic hydroxyl groups excluding tert-OH is 1. The monoisotopic (exact) mass is 532 g/mol. The molecule has 0 radical (unpaired) electrons. The predicted molar refractivity (Wildman–Crippen MR) is 144 cm³/mol. The molecule has 0 aliphatic carbocycles. The normalized spacial score (nSPS) is 16.8. The summed E-state index contributed by atoms with van der Waals surface area (Å²) in [6.45, 7) is 4.84. The number of carbonyl (C=O) groups excluding carboxylic acids is 2. The Balaban J connectivity index is 1.66. The SMILES string of the molecule is CCCOc1cccc(C(O)=C2C(=O)C(=O)N(c3nc4ccc(F)cc4s3)C2c2ccc(OCC)cc2)c1. The average molecular weight is 533 g/mol. The maximum Gasteiger partial charge on any atom is 0.301 e. The van der Waals surface area contributed by atoms with Gasteiger partial charge in [0.15, 0.2) is 5.13 Å². The molecule has 9 heteroatoms. The second kappa shape index (κ2) is 10.6. The van der Waals surface area contributed by atoms with E-state index in [-0.39, 0.29) is 16.5 Å². The fourth-order valence-electron chi connectivity index (χ4n) is 4.36. The lowest BCUT2D eigenvalue weighted by molar-refractivity contribution is -0.132. The van der Waals surface area contributed by atoms with Crippen LogP contribution in [-0.2, 0) is 9.59 Å². The molecule has 2 heterocycles. The molecule has 0 bridgehead atoms. The van der Waals surface area contributed by atoms with Crippen molar-refractivity contribution in [2.24, 2.45) is 0 Å². The summed E-state index contributed by atoms with van der Waals surface area (Å²) in [5.74, 6) is -1.25. The Morgan fingerprint density at radius 3 is 2.55 bits per heavy atom. The number of hydrogen-bond acceptors (Lipinski definition) is 7. The fourth-order valence-corrected chi connectivity index (χ4v) is 5.37. The van der Waals surface area contributed by atoms with Crippen LogP contribution < -0.4 is 14.4 Å². The number of halogens is 1. The van der Waals surface area contributed by atoms with Crippen molar-refractivity contribution in [1.82, 2.24) is 4.98 Å². The first-order valence-corrected chi connectivity index (χ1v) is 13.1. The molecule has 1 aliphatic heterocycles. The zero-order valence-corrected chi connectivity index (χ0v) is 21.6. The summed E-state index contributed by atoms with van der Waals surface area (Å²) in [5.41, 5.74) is 1.36. The first-order valence-electron chi connectivity index (χ1n) is 12.2. The molecular formula is C29H25FN2O5S. The van der Waals surface area contributed by atoms with Crippen LogP contribution in [0, 0.1) is 5.82 Å². The van der Waals surface area contributed by atoms with Gasteiger partial charge in [-0.15, -0.1) is 0 Å². The summed E-state index contributed by atoms with van der Waals surface area (Å²) >= 11 is 1.10. The Hall–Kier alpha value is -4.24. The quantitative estimate of drug-likeness (QED) is 0.164. The van der Waals surface area contributed by atoms with Crippen molar-refractivity contribution in [3.63, 3.8) is 0 Å². The summed E-state index contributed by atoms with van der Waals surface area (Å²) < 4.78 is 25.6. The van der Waals surface area contributed by atoms with Gasteiger partial charge >= 0.3 is 5.91 Å². The second-order valence-corrected chi connectivity index (χ2v) is 9.67. The zero-order valence-electron chi connectivity index (χ0n) is 20.8. The summed E-state index contributed by atoms with van der Waals surface area (Å²) in [7, 11) is 0. The van der Waals surface area contributed by atoms with Crippen LogP contribution in [0.15, 0.2) is 72.3 Å². The van der Waals surface area contributed by atoms with Crippen LogP contribution in [0.2, 0.25) is 0 Å². The molecule has 1 N–H and O–H groups in total. The number of hydrogen-bond donors (Lipinski definition) is 1. The van der Waals surface area contributed by atoms with E-state index in [0.717, 1.165) is 17.8 Å². The second-order valence-electron chi connectivity index (χ2n) is 8.66. The Morgan fingerprint density at radius 1 is 1.03 bits per heavy atom. The number of ether oxygens (including phenoxy) is 2. The molecule has 1 amide bonds. The Bertz CT molecular complexity index is 1550. The summed E-state index contributed by atoms with van der Waals surface area (Å²) in [4.78, 5) is 32.6. The van der Waals surface area contributed by atoms with Gasteiger partial charge in [-0.3, -0.25) is 14.5 Å². The van der Waals surface area contributed by atoms with Gasteiger partial charge in [0.2, 0.25) is 0 Å². The fraction of sp³-hybridized carbons (Fsp3) is 0.207. The number of carbonyl (C=O) groups is 2. The largest absolute Gasteiger partial charge is 0.507 e. The maximum atomic E-state index is 13.9. The van der Waals surface area contributed by atoms with Gasteiger partial charge in [-0.1, -0.05) is 42.5 Å². The van der Waals surface area contributed by atoms with Gasteiger partial charge in [0.25, 0.3) is 5.78 Å².